The highest BCUT2D eigenvalue weighted by atomic mass is 16.5. The molecule has 10 heteroatoms. The summed E-state index contributed by atoms with van der Waals surface area (Å²) in [6.45, 7) is 12.8. The summed E-state index contributed by atoms with van der Waals surface area (Å²) in [5.74, 6) is 2.07. The number of rotatable bonds is 8. The lowest BCUT2D eigenvalue weighted by Gasteiger charge is -2.26. The van der Waals surface area contributed by atoms with Crippen LogP contribution in [0.3, 0.4) is 0 Å². The van der Waals surface area contributed by atoms with Crippen LogP contribution in [-0.2, 0) is 0 Å². The number of methoxy groups -OCH3 is 2. The summed E-state index contributed by atoms with van der Waals surface area (Å²) in [4.78, 5) is 30.4. The van der Waals surface area contributed by atoms with Gasteiger partial charge in [0, 0.05) is 44.2 Å². The van der Waals surface area contributed by atoms with Gasteiger partial charge in [-0.3, -0.25) is 9.59 Å². The molecule has 2 amide bonds. The highest BCUT2D eigenvalue weighted by molar-refractivity contribution is 6.02. The highest BCUT2D eigenvalue weighted by Gasteiger charge is 2.39. The third-order valence-corrected chi connectivity index (χ3v) is 8.53. The van der Waals surface area contributed by atoms with Crippen LogP contribution in [0.15, 0.2) is 48.6 Å². The van der Waals surface area contributed by atoms with Crippen molar-refractivity contribution in [3.63, 3.8) is 0 Å². The molecule has 2 fully saturated rings. The number of benzene rings is 2. The molecule has 2 saturated heterocycles. The molecule has 0 spiro atoms. The fourth-order valence-electron chi connectivity index (χ4n) is 6.38. The zero-order chi connectivity index (χ0) is 29.5. The average Bonchev–Trinajstić information content (AvgIpc) is 3.51. The number of hydrogen-bond donors (Lipinski definition) is 2. The van der Waals surface area contributed by atoms with E-state index in [1.165, 1.54) is 0 Å². The SMILES string of the molecule is C=C1CC2CNc3cc(OCCCOc4cc5c(cc4OC)C(=O)N4CC(=C)CC4C(C)N5)c(OC)cc3C(=O)N2C1. The Morgan fingerprint density at radius 2 is 1.38 bits per heavy atom. The predicted octanol–water partition coefficient (Wildman–Crippen LogP) is 4.33. The third kappa shape index (κ3) is 4.99. The lowest BCUT2D eigenvalue weighted by molar-refractivity contribution is 0.0733. The maximum Gasteiger partial charge on any atom is 0.256 e. The number of anilines is 2. The van der Waals surface area contributed by atoms with Gasteiger partial charge in [-0.15, -0.1) is 0 Å². The molecule has 222 valence electrons. The summed E-state index contributed by atoms with van der Waals surface area (Å²) in [6.07, 6.45) is 2.19. The Morgan fingerprint density at radius 3 is 2.05 bits per heavy atom. The van der Waals surface area contributed by atoms with Crippen molar-refractivity contribution in [2.45, 2.75) is 44.3 Å². The summed E-state index contributed by atoms with van der Waals surface area (Å²) in [7, 11) is 3.14. The van der Waals surface area contributed by atoms with E-state index >= 15 is 0 Å². The number of nitrogens with zero attached hydrogens (tertiary/aromatic N) is 2. The van der Waals surface area contributed by atoms with Gasteiger partial charge in [0.25, 0.3) is 11.8 Å². The number of nitrogens with one attached hydrogen (secondary N) is 2. The molecule has 6 rings (SSSR count). The number of carbonyl (C=O) groups excluding carboxylic acids is 2. The maximum absolute atomic E-state index is 13.4. The Labute approximate surface area is 246 Å². The molecule has 2 aromatic rings. The van der Waals surface area contributed by atoms with Gasteiger partial charge in [0.05, 0.1) is 62.0 Å². The van der Waals surface area contributed by atoms with Crippen molar-refractivity contribution in [2.75, 3.05) is 57.7 Å². The Morgan fingerprint density at radius 1 is 0.810 bits per heavy atom. The highest BCUT2D eigenvalue weighted by Crippen LogP contribution is 2.40. The van der Waals surface area contributed by atoms with E-state index < -0.39 is 0 Å². The molecule has 4 aliphatic rings. The van der Waals surface area contributed by atoms with Gasteiger partial charge in [-0.05, 0) is 31.9 Å². The van der Waals surface area contributed by atoms with Gasteiger partial charge in [-0.25, -0.2) is 0 Å². The van der Waals surface area contributed by atoms with Crippen molar-refractivity contribution in [1.29, 1.82) is 0 Å². The second kappa shape index (κ2) is 11.2. The zero-order valence-corrected chi connectivity index (χ0v) is 24.5. The summed E-state index contributed by atoms with van der Waals surface area (Å²) >= 11 is 0. The van der Waals surface area contributed by atoms with E-state index in [0.717, 1.165) is 35.4 Å². The quantitative estimate of drug-likeness (QED) is 0.355. The first-order valence-electron chi connectivity index (χ1n) is 14.4. The van der Waals surface area contributed by atoms with Crippen LogP contribution in [0, 0.1) is 0 Å². The van der Waals surface area contributed by atoms with Crippen molar-refractivity contribution in [2.24, 2.45) is 0 Å². The summed E-state index contributed by atoms with van der Waals surface area (Å²) < 4.78 is 23.3. The van der Waals surface area contributed by atoms with E-state index in [1.54, 1.807) is 26.4 Å². The first kappa shape index (κ1) is 27.8. The van der Waals surface area contributed by atoms with Gasteiger partial charge >= 0.3 is 0 Å². The molecule has 0 aliphatic carbocycles. The molecule has 3 atom stereocenters. The van der Waals surface area contributed by atoms with Gasteiger partial charge in [-0.1, -0.05) is 24.3 Å². The molecule has 4 heterocycles. The van der Waals surface area contributed by atoms with E-state index in [9.17, 15) is 9.59 Å². The second-order valence-corrected chi connectivity index (χ2v) is 11.5. The fourth-order valence-corrected chi connectivity index (χ4v) is 6.38. The molecule has 0 aromatic heterocycles. The first-order valence-corrected chi connectivity index (χ1v) is 14.4. The minimum Gasteiger partial charge on any atom is -0.493 e. The lowest BCUT2D eigenvalue weighted by Crippen LogP contribution is -2.41. The molecule has 0 radical (unpaired) electrons. The standard InChI is InChI=1S/C32H38N4O6/c1-18-9-21-15-33-24-13-29(27(39-4)11-22(24)31(37)35(21)16-18)41-7-6-8-42-30-14-25-23(12-28(30)40-5)32(38)36-17-19(2)10-26(36)20(3)34-25/h11-14,20-21,26,33-34H,1-2,6-10,15-17H2,3-5H3. The molecule has 10 nitrogen and oxygen atoms in total. The van der Waals surface area contributed by atoms with Crippen LogP contribution in [0.5, 0.6) is 23.0 Å². The molecule has 2 aromatic carbocycles. The topological polar surface area (TPSA) is 102 Å². The Kier molecular flexibility index (Phi) is 7.38. The van der Waals surface area contributed by atoms with Crippen LogP contribution >= 0.6 is 0 Å². The van der Waals surface area contributed by atoms with Crippen molar-refractivity contribution in [3.8, 4) is 23.0 Å². The van der Waals surface area contributed by atoms with Crippen LogP contribution in [0.1, 0.15) is 46.9 Å². The normalized spacial score (nSPS) is 22.7. The maximum atomic E-state index is 13.4. The summed E-state index contributed by atoms with van der Waals surface area (Å²) in [5.41, 5.74) is 4.76. The van der Waals surface area contributed by atoms with Crippen molar-refractivity contribution in [3.05, 3.63) is 59.7 Å². The molecule has 0 saturated carbocycles. The van der Waals surface area contributed by atoms with Gasteiger partial charge in [0.15, 0.2) is 23.0 Å². The molecule has 42 heavy (non-hydrogen) atoms. The smallest absolute Gasteiger partial charge is 0.256 e. The number of hydrogen-bond acceptors (Lipinski definition) is 8. The molecular formula is C32H38N4O6. The number of fused-ring (bicyclic) bond motifs is 4. The molecular weight excluding hydrogens is 536 g/mol. The van der Waals surface area contributed by atoms with E-state index in [2.05, 4.69) is 30.7 Å². The first-order chi connectivity index (χ1) is 20.3. The Hall–Kier alpha value is -4.34. The fraction of sp³-hybridized carbons (Fsp3) is 0.438. The van der Waals surface area contributed by atoms with Crippen LogP contribution in [0.2, 0.25) is 0 Å². The number of amides is 2. The van der Waals surface area contributed by atoms with Gasteiger partial charge < -0.3 is 39.4 Å². The summed E-state index contributed by atoms with van der Waals surface area (Å²) in [6, 6.07) is 7.42. The minimum atomic E-state index is -0.0273. The van der Waals surface area contributed by atoms with Crippen molar-refractivity contribution >= 4 is 23.2 Å². The second-order valence-electron chi connectivity index (χ2n) is 11.5. The molecule has 4 aliphatic heterocycles. The van der Waals surface area contributed by atoms with E-state index in [4.69, 9.17) is 18.9 Å². The molecule has 0 bridgehead atoms. The van der Waals surface area contributed by atoms with Gasteiger partial charge in [0.1, 0.15) is 0 Å². The van der Waals surface area contributed by atoms with E-state index in [1.807, 2.05) is 21.9 Å². The minimum absolute atomic E-state index is 0.0250. The van der Waals surface area contributed by atoms with Gasteiger partial charge in [-0.2, -0.15) is 0 Å². The largest absolute Gasteiger partial charge is 0.493 e. The van der Waals surface area contributed by atoms with Crippen molar-refractivity contribution in [1.82, 2.24) is 9.80 Å². The van der Waals surface area contributed by atoms with Crippen LogP contribution in [-0.4, -0.2) is 86.8 Å². The van der Waals surface area contributed by atoms with Crippen LogP contribution < -0.4 is 29.6 Å². The van der Waals surface area contributed by atoms with Crippen molar-refractivity contribution < 1.29 is 28.5 Å². The van der Waals surface area contributed by atoms with Crippen LogP contribution in [0.4, 0.5) is 11.4 Å². The molecule has 3 unspecified atom stereocenters. The average molecular weight is 575 g/mol. The Bertz CT molecular complexity index is 1450. The van der Waals surface area contributed by atoms with E-state index in [-0.39, 0.29) is 29.9 Å². The Balaban J connectivity index is 1.10. The van der Waals surface area contributed by atoms with Crippen LogP contribution in [0.25, 0.3) is 0 Å². The third-order valence-electron chi connectivity index (χ3n) is 8.53. The zero-order valence-electron chi connectivity index (χ0n) is 24.5. The van der Waals surface area contributed by atoms with Gasteiger partial charge in [0.2, 0.25) is 0 Å². The monoisotopic (exact) mass is 574 g/mol. The lowest BCUT2D eigenvalue weighted by atomic mass is 10.1. The predicted molar refractivity (Wildman–Crippen MR) is 160 cm³/mol. The number of carbonyl (C=O) groups is 2. The molecule has 2 N–H and O–H groups in total. The number of ether oxygens (including phenoxy) is 4. The van der Waals surface area contributed by atoms with E-state index in [0.29, 0.717) is 73.4 Å². The summed E-state index contributed by atoms with van der Waals surface area (Å²) in [5, 5.41) is 6.92.